The highest BCUT2D eigenvalue weighted by molar-refractivity contribution is 6.08. The second-order valence-corrected chi connectivity index (χ2v) is 6.59. The number of allylic oxidation sites excluding steroid dienone is 5. The van der Waals surface area contributed by atoms with E-state index in [0.717, 1.165) is 11.6 Å². The van der Waals surface area contributed by atoms with Crippen molar-refractivity contribution in [3.63, 3.8) is 0 Å². The monoisotopic (exact) mass is 388 g/mol. The lowest BCUT2D eigenvalue weighted by Crippen LogP contribution is -2.11. The first kappa shape index (κ1) is 19.8. The maximum atomic E-state index is 13.0. The van der Waals surface area contributed by atoms with E-state index in [0.29, 0.717) is 24.0 Å². The molecule has 7 heteroatoms. The summed E-state index contributed by atoms with van der Waals surface area (Å²) >= 11 is 0. The highest BCUT2D eigenvalue weighted by atomic mass is 19.4. The minimum Gasteiger partial charge on any atom is -0.338 e. The Morgan fingerprint density at radius 2 is 2.00 bits per heavy atom. The molecule has 0 radical (unpaired) electrons. The van der Waals surface area contributed by atoms with Gasteiger partial charge in [0, 0.05) is 11.1 Å². The van der Waals surface area contributed by atoms with Gasteiger partial charge in [0.2, 0.25) is 17.5 Å². The Labute approximate surface area is 160 Å². The molecule has 146 valence electrons. The van der Waals surface area contributed by atoms with Crippen LogP contribution in [0.1, 0.15) is 48.3 Å². The topological polar surface area (TPSA) is 56.0 Å². The van der Waals surface area contributed by atoms with Gasteiger partial charge in [0.25, 0.3) is 0 Å². The standard InChI is InChI=1S/C21H19F3N2O2/c1-14(11-15-7-3-2-4-8-15)19(27)20-25-18(28-26-20)13-16-9-5-6-10-17(12-16)21(22,23)24/h2-4,7-9,11-12H,5-6,10,13H2,1H3/b14-11-. The van der Waals surface area contributed by atoms with Crippen LogP contribution >= 0.6 is 0 Å². The SMILES string of the molecule is C/C(=C/c1ccccc1)C(=O)c1noc(CC2=CCCCC(C(F)(F)F)=C2)n1. The van der Waals surface area contributed by atoms with Gasteiger partial charge in [0.05, 0.1) is 6.42 Å². The van der Waals surface area contributed by atoms with Crippen LogP contribution in [0.5, 0.6) is 0 Å². The molecular weight excluding hydrogens is 369 g/mol. The Hall–Kier alpha value is -2.96. The van der Waals surface area contributed by atoms with Gasteiger partial charge in [-0.3, -0.25) is 4.79 Å². The fourth-order valence-electron chi connectivity index (χ4n) is 2.92. The summed E-state index contributed by atoms with van der Waals surface area (Å²) in [5, 5.41) is 3.69. The first-order chi connectivity index (χ1) is 13.3. The van der Waals surface area contributed by atoms with Gasteiger partial charge in [-0.25, -0.2) is 0 Å². The molecule has 28 heavy (non-hydrogen) atoms. The van der Waals surface area contributed by atoms with Crippen LogP contribution in [0, 0.1) is 0 Å². The fourth-order valence-corrected chi connectivity index (χ4v) is 2.92. The quantitative estimate of drug-likeness (QED) is 0.501. The molecule has 1 aliphatic rings. The van der Waals surface area contributed by atoms with E-state index in [1.165, 1.54) is 0 Å². The van der Waals surface area contributed by atoms with E-state index in [2.05, 4.69) is 10.1 Å². The number of nitrogens with zero attached hydrogens (tertiary/aromatic N) is 2. The van der Waals surface area contributed by atoms with Crippen molar-refractivity contribution in [2.24, 2.45) is 0 Å². The van der Waals surface area contributed by atoms with Crippen LogP contribution < -0.4 is 0 Å². The molecule has 2 aromatic rings. The maximum absolute atomic E-state index is 13.0. The molecule has 1 aromatic heterocycles. The molecule has 0 unspecified atom stereocenters. The van der Waals surface area contributed by atoms with Crippen molar-refractivity contribution in [2.45, 2.75) is 38.8 Å². The van der Waals surface area contributed by atoms with Crippen LogP contribution in [0.25, 0.3) is 6.08 Å². The zero-order valence-electron chi connectivity index (χ0n) is 15.3. The summed E-state index contributed by atoms with van der Waals surface area (Å²) in [6.45, 7) is 1.65. The van der Waals surface area contributed by atoms with Crippen LogP contribution in [-0.4, -0.2) is 22.1 Å². The van der Waals surface area contributed by atoms with E-state index < -0.39 is 11.7 Å². The molecule has 0 amide bonds. The zero-order chi connectivity index (χ0) is 20.1. The summed E-state index contributed by atoms with van der Waals surface area (Å²) in [5.41, 5.74) is 1.20. The average molecular weight is 388 g/mol. The molecule has 1 aliphatic carbocycles. The van der Waals surface area contributed by atoms with Gasteiger partial charge in [-0.05, 0) is 43.4 Å². The molecule has 0 spiro atoms. The third-order valence-corrected chi connectivity index (χ3v) is 4.35. The third-order valence-electron chi connectivity index (χ3n) is 4.35. The number of carbonyl (C=O) groups is 1. The number of hydrogen-bond donors (Lipinski definition) is 0. The molecule has 0 N–H and O–H groups in total. The van der Waals surface area contributed by atoms with Gasteiger partial charge in [0.1, 0.15) is 0 Å². The Bertz CT molecular complexity index is 938. The van der Waals surface area contributed by atoms with E-state index in [-0.39, 0.29) is 30.3 Å². The fraction of sp³-hybridized carbons (Fsp3) is 0.286. The van der Waals surface area contributed by atoms with Crippen molar-refractivity contribution < 1.29 is 22.5 Å². The van der Waals surface area contributed by atoms with E-state index in [1.54, 1.807) is 19.1 Å². The van der Waals surface area contributed by atoms with Gasteiger partial charge in [-0.2, -0.15) is 18.2 Å². The number of halogens is 3. The van der Waals surface area contributed by atoms with Crippen molar-refractivity contribution in [1.82, 2.24) is 10.1 Å². The number of benzene rings is 1. The van der Waals surface area contributed by atoms with E-state index in [4.69, 9.17) is 4.52 Å². The first-order valence-corrected chi connectivity index (χ1v) is 8.90. The summed E-state index contributed by atoms with van der Waals surface area (Å²) in [4.78, 5) is 16.5. The lowest BCUT2D eigenvalue weighted by molar-refractivity contribution is -0.0940. The van der Waals surface area contributed by atoms with Crippen molar-refractivity contribution >= 4 is 11.9 Å². The second kappa shape index (κ2) is 8.37. The van der Waals surface area contributed by atoms with E-state index in [9.17, 15) is 18.0 Å². The molecule has 0 saturated heterocycles. The lowest BCUT2D eigenvalue weighted by atomic mass is 10.1. The van der Waals surface area contributed by atoms with Crippen LogP contribution in [-0.2, 0) is 6.42 Å². The molecule has 0 aliphatic heterocycles. The van der Waals surface area contributed by atoms with Gasteiger partial charge in [-0.1, -0.05) is 47.6 Å². The summed E-state index contributed by atoms with van der Waals surface area (Å²) in [6, 6.07) is 9.32. The number of ketones is 1. The average Bonchev–Trinajstić information content (AvgIpc) is 2.97. The highest BCUT2D eigenvalue weighted by Crippen LogP contribution is 2.33. The van der Waals surface area contributed by atoms with Gasteiger partial charge >= 0.3 is 6.18 Å². The Balaban J connectivity index is 1.74. The zero-order valence-corrected chi connectivity index (χ0v) is 15.3. The number of alkyl halides is 3. The molecular formula is C21H19F3N2O2. The Kier molecular flexibility index (Phi) is 5.92. The van der Waals surface area contributed by atoms with Gasteiger partial charge in [0.15, 0.2) is 0 Å². The van der Waals surface area contributed by atoms with Gasteiger partial charge in [-0.15, -0.1) is 0 Å². The Morgan fingerprint density at radius 1 is 1.25 bits per heavy atom. The largest absolute Gasteiger partial charge is 0.412 e. The molecule has 0 saturated carbocycles. The van der Waals surface area contributed by atoms with Crippen molar-refractivity contribution in [1.29, 1.82) is 0 Å². The number of rotatable bonds is 5. The normalized spacial score (nSPS) is 15.6. The van der Waals surface area contributed by atoms with Crippen LogP contribution in [0.2, 0.25) is 0 Å². The Morgan fingerprint density at radius 3 is 2.71 bits per heavy atom. The summed E-state index contributed by atoms with van der Waals surface area (Å²) in [6.07, 6.45) is 1.27. The summed E-state index contributed by atoms with van der Waals surface area (Å²) < 4.78 is 44.1. The number of hydrogen-bond acceptors (Lipinski definition) is 4. The highest BCUT2D eigenvalue weighted by Gasteiger charge is 2.33. The molecule has 3 rings (SSSR count). The minimum absolute atomic E-state index is 0.0133. The first-order valence-electron chi connectivity index (χ1n) is 8.90. The van der Waals surface area contributed by atoms with Crippen LogP contribution in [0.3, 0.4) is 0 Å². The smallest absolute Gasteiger partial charge is 0.338 e. The van der Waals surface area contributed by atoms with Crippen LogP contribution in [0.4, 0.5) is 13.2 Å². The number of Topliss-reactive ketones (excluding diaryl/α,β-unsaturated/α-hetero) is 1. The van der Waals surface area contributed by atoms with Crippen LogP contribution in [0.15, 0.2) is 63.7 Å². The molecule has 4 nitrogen and oxygen atoms in total. The second-order valence-electron chi connectivity index (χ2n) is 6.59. The van der Waals surface area contributed by atoms with Crippen molar-refractivity contribution in [3.05, 3.63) is 76.5 Å². The van der Waals surface area contributed by atoms with Crippen molar-refractivity contribution in [3.8, 4) is 0 Å². The van der Waals surface area contributed by atoms with Crippen molar-refractivity contribution in [2.75, 3.05) is 0 Å². The van der Waals surface area contributed by atoms with E-state index in [1.807, 2.05) is 30.3 Å². The molecule has 0 atom stereocenters. The molecule has 1 heterocycles. The predicted molar refractivity (Wildman–Crippen MR) is 98.5 cm³/mol. The number of aromatic nitrogens is 2. The minimum atomic E-state index is -4.35. The summed E-state index contributed by atoms with van der Waals surface area (Å²) in [7, 11) is 0. The maximum Gasteiger partial charge on any atom is 0.412 e. The van der Waals surface area contributed by atoms with E-state index >= 15 is 0 Å². The van der Waals surface area contributed by atoms with Gasteiger partial charge < -0.3 is 4.52 Å². The predicted octanol–water partition coefficient (Wildman–Crippen LogP) is 5.50. The molecule has 1 aromatic carbocycles. The lowest BCUT2D eigenvalue weighted by Gasteiger charge is -2.09. The summed E-state index contributed by atoms with van der Waals surface area (Å²) in [5.74, 6) is -0.379. The molecule has 0 bridgehead atoms. The number of carbonyl (C=O) groups excluding carboxylic acids is 1. The third kappa shape index (κ3) is 5.06. The molecule has 0 fully saturated rings.